The summed E-state index contributed by atoms with van der Waals surface area (Å²) in [7, 11) is -4.07. The van der Waals surface area contributed by atoms with Crippen molar-refractivity contribution in [1.82, 2.24) is 0 Å². The molecule has 0 atom stereocenters. The molecule has 0 aliphatic carbocycles. The Morgan fingerprint density at radius 2 is 1.89 bits per heavy atom. The topological polar surface area (TPSA) is 86.5 Å². The molecule has 0 aromatic heterocycles. The lowest BCUT2D eigenvalue weighted by atomic mass is 10.2. The van der Waals surface area contributed by atoms with Gasteiger partial charge in [-0.25, -0.2) is 0 Å². The van der Waals surface area contributed by atoms with Crippen molar-refractivity contribution < 1.29 is 30.7 Å². The predicted octanol–water partition coefficient (Wildman–Crippen LogP) is 1.95. The Morgan fingerprint density at radius 3 is 2.28 bits per heavy atom. The fraction of sp³-hybridized carbons (Fsp3) is 0.250. The number of alkyl halides is 3. The molecule has 0 aliphatic rings. The van der Waals surface area contributed by atoms with E-state index < -0.39 is 38.2 Å². The van der Waals surface area contributed by atoms with Crippen LogP contribution in [0.1, 0.15) is 5.56 Å². The van der Waals surface area contributed by atoms with Gasteiger partial charge >= 0.3 is 22.0 Å². The molecule has 1 rings (SSSR count). The molecule has 0 bridgehead atoms. The van der Waals surface area contributed by atoms with Crippen LogP contribution in [0.5, 0.6) is 5.75 Å². The summed E-state index contributed by atoms with van der Waals surface area (Å²) >= 11 is 0. The first-order valence-electron chi connectivity index (χ1n) is 4.26. The molecule has 0 N–H and O–H groups in total. The highest BCUT2D eigenvalue weighted by molar-refractivity contribution is 7.86. The van der Waals surface area contributed by atoms with Gasteiger partial charge in [0.15, 0.2) is 0 Å². The van der Waals surface area contributed by atoms with E-state index in [4.69, 9.17) is 0 Å². The molecule has 18 heavy (non-hydrogen) atoms. The van der Waals surface area contributed by atoms with E-state index in [9.17, 15) is 31.7 Å². The van der Waals surface area contributed by atoms with Crippen molar-refractivity contribution in [2.24, 2.45) is 0 Å². The summed E-state index contributed by atoms with van der Waals surface area (Å²) < 4.78 is 62.8. The zero-order valence-electron chi connectivity index (χ0n) is 8.76. The van der Waals surface area contributed by atoms with Gasteiger partial charge in [-0.15, -0.1) is 0 Å². The van der Waals surface area contributed by atoms with Crippen LogP contribution in [0.2, 0.25) is 0 Å². The van der Waals surface area contributed by atoms with Gasteiger partial charge in [-0.1, -0.05) is 0 Å². The van der Waals surface area contributed by atoms with Gasteiger partial charge in [0, 0.05) is 6.07 Å². The number of nitro groups is 1. The molecule has 0 fully saturated rings. The van der Waals surface area contributed by atoms with E-state index in [2.05, 4.69) is 4.18 Å². The fourth-order valence-corrected chi connectivity index (χ4v) is 1.54. The van der Waals surface area contributed by atoms with Crippen molar-refractivity contribution in [2.45, 2.75) is 6.18 Å². The Kier molecular flexibility index (Phi) is 3.51. The van der Waals surface area contributed by atoms with Crippen LogP contribution in [0.4, 0.5) is 18.9 Å². The van der Waals surface area contributed by atoms with Crippen molar-refractivity contribution >= 4 is 15.8 Å². The Morgan fingerprint density at radius 1 is 1.33 bits per heavy atom. The quantitative estimate of drug-likeness (QED) is 0.481. The monoisotopic (exact) mass is 285 g/mol. The third-order valence-corrected chi connectivity index (χ3v) is 2.21. The first-order chi connectivity index (χ1) is 8.00. The minimum atomic E-state index is -4.77. The van der Waals surface area contributed by atoms with E-state index >= 15 is 0 Å². The molecule has 100 valence electrons. The third kappa shape index (κ3) is 3.58. The zero-order chi connectivity index (χ0) is 14.1. The summed E-state index contributed by atoms with van der Waals surface area (Å²) in [5, 5.41) is 10.6. The molecule has 0 heterocycles. The van der Waals surface area contributed by atoms with Gasteiger partial charge in [0.05, 0.1) is 16.7 Å². The highest BCUT2D eigenvalue weighted by atomic mass is 32.2. The number of hydrogen-bond donors (Lipinski definition) is 0. The largest absolute Gasteiger partial charge is 0.416 e. The van der Waals surface area contributed by atoms with Crippen molar-refractivity contribution in [3.05, 3.63) is 33.9 Å². The Labute approximate surface area is 99.3 Å². The standard InChI is InChI=1S/C8H6F3NO5S/c1-18(15,16)17-7-3-2-5(8(9,10)11)4-6(7)12(13)14/h2-4H,1H3. The van der Waals surface area contributed by atoms with Crippen molar-refractivity contribution in [3.8, 4) is 5.75 Å². The molecular formula is C8H6F3NO5S. The second kappa shape index (κ2) is 4.44. The number of rotatable bonds is 3. The summed E-state index contributed by atoms with van der Waals surface area (Å²) in [6.45, 7) is 0. The Bertz CT molecular complexity index is 581. The summed E-state index contributed by atoms with van der Waals surface area (Å²) in [6.07, 6.45) is -4.15. The van der Waals surface area contributed by atoms with Crippen LogP contribution in [-0.2, 0) is 16.3 Å². The molecule has 10 heteroatoms. The normalized spacial score (nSPS) is 12.2. The molecule has 0 aliphatic heterocycles. The highest BCUT2D eigenvalue weighted by Crippen LogP contribution is 2.36. The maximum atomic E-state index is 12.3. The number of benzene rings is 1. The van der Waals surface area contributed by atoms with Crippen LogP contribution >= 0.6 is 0 Å². The van der Waals surface area contributed by atoms with Crippen LogP contribution in [0.3, 0.4) is 0 Å². The predicted molar refractivity (Wildman–Crippen MR) is 53.6 cm³/mol. The molecule has 0 saturated carbocycles. The van der Waals surface area contributed by atoms with Gasteiger partial charge in [-0.3, -0.25) is 10.1 Å². The van der Waals surface area contributed by atoms with E-state index in [1.165, 1.54) is 0 Å². The van der Waals surface area contributed by atoms with Gasteiger partial charge in [-0.05, 0) is 12.1 Å². The summed E-state index contributed by atoms with van der Waals surface area (Å²) in [6, 6.07) is 1.29. The summed E-state index contributed by atoms with van der Waals surface area (Å²) in [4.78, 5) is 9.39. The minimum Gasteiger partial charge on any atom is -0.375 e. The lowest BCUT2D eigenvalue weighted by molar-refractivity contribution is -0.385. The van der Waals surface area contributed by atoms with Crippen molar-refractivity contribution in [2.75, 3.05) is 6.26 Å². The van der Waals surface area contributed by atoms with Crippen LogP contribution in [-0.4, -0.2) is 19.6 Å². The smallest absolute Gasteiger partial charge is 0.375 e. The SMILES string of the molecule is CS(=O)(=O)Oc1ccc(C(F)(F)F)cc1[N+](=O)[O-]. The summed E-state index contributed by atoms with van der Waals surface area (Å²) in [5.74, 6) is -0.768. The first-order valence-corrected chi connectivity index (χ1v) is 6.07. The molecule has 0 spiro atoms. The van der Waals surface area contributed by atoms with Crippen molar-refractivity contribution in [1.29, 1.82) is 0 Å². The Balaban J connectivity index is 3.34. The van der Waals surface area contributed by atoms with E-state index in [1.807, 2.05) is 0 Å². The van der Waals surface area contributed by atoms with E-state index in [1.54, 1.807) is 0 Å². The van der Waals surface area contributed by atoms with Gasteiger partial charge in [0.2, 0.25) is 5.75 Å². The first kappa shape index (κ1) is 14.2. The molecule has 1 aromatic carbocycles. The zero-order valence-corrected chi connectivity index (χ0v) is 9.58. The Hall–Kier alpha value is -1.84. The van der Waals surface area contributed by atoms with Gasteiger partial charge in [0.1, 0.15) is 0 Å². The van der Waals surface area contributed by atoms with Crippen LogP contribution < -0.4 is 4.18 Å². The second-order valence-corrected chi connectivity index (χ2v) is 4.80. The maximum Gasteiger partial charge on any atom is 0.416 e. The van der Waals surface area contributed by atoms with Gasteiger partial charge in [0.25, 0.3) is 0 Å². The van der Waals surface area contributed by atoms with E-state index in [0.29, 0.717) is 18.4 Å². The number of halogens is 3. The van der Waals surface area contributed by atoms with Crippen LogP contribution in [0.15, 0.2) is 18.2 Å². The molecule has 1 aromatic rings. The lowest BCUT2D eigenvalue weighted by Gasteiger charge is -2.08. The maximum absolute atomic E-state index is 12.3. The lowest BCUT2D eigenvalue weighted by Crippen LogP contribution is -2.10. The molecule has 0 unspecified atom stereocenters. The number of hydrogen-bond acceptors (Lipinski definition) is 5. The van der Waals surface area contributed by atoms with E-state index in [0.717, 1.165) is 0 Å². The summed E-state index contributed by atoms with van der Waals surface area (Å²) in [5.41, 5.74) is -2.34. The van der Waals surface area contributed by atoms with Crippen molar-refractivity contribution in [3.63, 3.8) is 0 Å². The number of nitrogens with zero attached hydrogens (tertiary/aromatic N) is 1. The van der Waals surface area contributed by atoms with Crippen LogP contribution in [0.25, 0.3) is 0 Å². The van der Waals surface area contributed by atoms with Crippen LogP contribution in [0, 0.1) is 10.1 Å². The molecule has 0 amide bonds. The van der Waals surface area contributed by atoms with E-state index in [-0.39, 0.29) is 6.07 Å². The molecule has 0 saturated heterocycles. The highest BCUT2D eigenvalue weighted by Gasteiger charge is 2.33. The molecular weight excluding hydrogens is 279 g/mol. The average Bonchev–Trinajstić information content (AvgIpc) is 2.13. The second-order valence-electron chi connectivity index (χ2n) is 3.22. The van der Waals surface area contributed by atoms with Gasteiger partial charge < -0.3 is 4.18 Å². The fourth-order valence-electron chi connectivity index (χ4n) is 1.07. The number of nitro benzene ring substituents is 1. The molecule has 0 radical (unpaired) electrons. The third-order valence-electron chi connectivity index (χ3n) is 1.72. The molecule has 6 nitrogen and oxygen atoms in total. The van der Waals surface area contributed by atoms with Gasteiger partial charge in [-0.2, -0.15) is 21.6 Å². The average molecular weight is 285 g/mol. The minimum absolute atomic E-state index is 0.209.